The Morgan fingerprint density at radius 1 is 1.08 bits per heavy atom. The van der Waals surface area contributed by atoms with Crippen LogP contribution in [0.5, 0.6) is 0 Å². The average Bonchev–Trinajstić information content (AvgIpc) is 3.66. The smallest absolute Gasteiger partial charge is 0.407 e. The van der Waals surface area contributed by atoms with Crippen molar-refractivity contribution < 1.29 is 18.7 Å². The van der Waals surface area contributed by atoms with Crippen molar-refractivity contribution in [3.05, 3.63) is 59.2 Å². The minimum absolute atomic E-state index is 0.0611. The third-order valence-corrected chi connectivity index (χ3v) is 7.78. The molecule has 0 aliphatic carbocycles. The van der Waals surface area contributed by atoms with E-state index in [4.69, 9.17) is 0 Å². The summed E-state index contributed by atoms with van der Waals surface area (Å²) < 4.78 is 20.5. The molecule has 9 heteroatoms. The van der Waals surface area contributed by atoms with E-state index in [1.165, 1.54) is 12.7 Å². The number of carbonyl (C=O) groups is 2. The van der Waals surface area contributed by atoms with E-state index in [1.807, 2.05) is 12.1 Å². The molecule has 8 nitrogen and oxygen atoms in total. The first-order valence-electron chi connectivity index (χ1n) is 13.3. The molecule has 5 rings (SSSR count). The largest absolute Gasteiger partial charge is 0.453 e. The van der Waals surface area contributed by atoms with Crippen LogP contribution in [0.2, 0.25) is 0 Å². The first-order valence-corrected chi connectivity index (χ1v) is 13.3. The number of ether oxygens (including phenoxy) is 1. The summed E-state index contributed by atoms with van der Waals surface area (Å²) in [6.45, 7) is 7.87. The number of hydrogen-bond acceptors (Lipinski definition) is 5. The topological polar surface area (TPSA) is 90.6 Å². The Kier molecular flexibility index (Phi) is 7.03. The van der Waals surface area contributed by atoms with Gasteiger partial charge in [0.05, 0.1) is 24.7 Å². The van der Waals surface area contributed by atoms with Gasteiger partial charge >= 0.3 is 6.09 Å². The summed E-state index contributed by atoms with van der Waals surface area (Å²) in [6, 6.07) is 12.0. The quantitative estimate of drug-likeness (QED) is 0.472. The van der Waals surface area contributed by atoms with Crippen LogP contribution in [-0.4, -0.2) is 53.6 Å². The lowest BCUT2D eigenvalue weighted by Crippen LogP contribution is -2.40. The molecule has 2 saturated heterocycles. The van der Waals surface area contributed by atoms with Gasteiger partial charge in [0.15, 0.2) is 5.82 Å². The predicted octanol–water partition coefficient (Wildman–Crippen LogP) is 5.36. The van der Waals surface area contributed by atoms with E-state index >= 15 is 4.39 Å². The van der Waals surface area contributed by atoms with Crippen molar-refractivity contribution in [2.24, 2.45) is 0 Å². The molecule has 2 N–H and O–H groups in total. The molecule has 2 fully saturated rings. The molecule has 202 valence electrons. The number of rotatable bonds is 5. The van der Waals surface area contributed by atoms with Crippen molar-refractivity contribution in [2.45, 2.75) is 64.0 Å². The molecule has 3 heterocycles. The number of carbonyl (C=O) groups excluding carboxylic acids is 2. The molecule has 38 heavy (non-hydrogen) atoms. The lowest BCUT2D eigenvalue weighted by molar-refractivity contribution is -0.131. The number of anilines is 1. The van der Waals surface area contributed by atoms with E-state index in [0.717, 1.165) is 37.9 Å². The number of alkyl carbamates (subject to hydrolysis) is 1. The van der Waals surface area contributed by atoms with Crippen molar-refractivity contribution >= 4 is 28.7 Å². The molecule has 2 aliphatic heterocycles. The van der Waals surface area contributed by atoms with Crippen LogP contribution in [0, 0.1) is 5.82 Å². The van der Waals surface area contributed by atoms with E-state index in [0.29, 0.717) is 29.0 Å². The number of imidazole rings is 1. The summed E-state index contributed by atoms with van der Waals surface area (Å²) in [5.74, 6) is 0.0380. The van der Waals surface area contributed by atoms with Crippen LogP contribution in [0.3, 0.4) is 0 Å². The number of likely N-dealkylation sites (tertiary alicyclic amines) is 1. The van der Waals surface area contributed by atoms with E-state index in [2.05, 4.69) is 70.0 Å². The van der Waals surface area contributed by atoms with E-state index in [9.17, 15) is 9.59 Å². The number of aromatic nitrogens is 2. The molecule has 0 radical (unpaired) electrons. The molecule has 0 spiro atoms. The molecule has 2 atom stereocenters. The van der Waals surface area contributed by atoms with Crippen molar-refractivity contribution in [1.29, 1.82) is 0 Å². The number of fused-ring (bicyclic) bond motifs is 1. The second-order valence-electron chi connectivity index (χ2n) is 11.2. The number of benzene rings is 2. The Morgan fingerprint density at radius 3 is 2.50 bits per heavy atom. The molecule has 3 aromatic rings. The molecule has 2 aromatic carbocycles. The molecule has 0 saturated carbocycles. The zero-order valence-electron chi connectivity index (χ0n) is 22.5. The van der Waals surface area contributed by atoms with Gasteiger partial charge in [0.25, 0.3) is 0 Å². The maximum absolute atomic E-state index is 16.0. The Morgan fingerprint density at radius 2 is 1.79 bits per heavy atom. The van der Waals surface area contributed by atoms with Crippen molar-refractivity contribution in [3.63, 3.8) is 0 Å². The fourth-order valence-corrected chi connectivity index (χ4v) is 5.71. The molecular formula is C29H36FN5O3. The average molecular weight is 522 g/mol. The van der Waals surface area contributed by atoms with Gasteiger partial charge in [0, 0.05) is 24.3 Å². The molecule has 1 aromatic heterocycles. The second-order valence-corrected chi connectivity index (χ2v) is 11.2. The fraction of sp³-hybridized carbons (Fsp3) is 0.483. The monoisotopic (exact) mass is 521 g/mol. The third kappa shape index (κ3) is 4.93. The van der Waals surface area contributed by atoms with Gasteiger partial charge in [-0.2, -0.15) is 0 Å². The van der Waals surface area contributed by atoms with Crippen molar-refractivity contribution in [2.75, 3.05) is 31.6 Å². The van der Waals surface area contributed by atoms with Gasteiger partial charge < -0.3 is 24.8 Å². The van der Waals surface area contributed by atoms with Gasteiger partial charge in [-0.15, -0.1) is 0 Å². The number of halogens is 1. The Labute approximate surface area is 222 Å². The summed E-state index contributed by atoms with van der Waals surface area (Å²) >= 11 is 0. The number of H-pyrrole nitrogens is 1. The van der Waals surface area contributed by atoms with Crippen molar-refractivity contribution in [3.8, 4) is 0 Å². The molecule has 2 aliphatic rings. The fourth-order valence-electron chi connectivity index (χ4n) is 5.71. The first-order chi connectivity index (χ1) is 18.2. The van der Waals surface area contributed by atoms with Gasteiger partial charge in [-0.05, 0) is 54.9 Å². The zero-order chi connectivity index (χ0) is 27.0. The normalized spacial score (nSPS) is 19.8. The van der Waals surface area contributed by atoms with Crippen LogP contribution in [-0.2, 0) is 14.9 Å². The van der Waals surface area contributed by atoms with Crippen LogP contribution < -0.4 is 10.2 Å². The number of amides is 2. The van der Waals surface area contributed by atoms with Crippen LogP contribution in [0.15, 0.2) is 36.4 Å². The molecule has 2 amide bonds. The Hall–Kier alpha value is -3.62. The minimum atomic E-state index is -0.654. The summed E-state index contributed by atoms with van der Waals surface area (Å²) in [4.78, 5) is 36.0. The first kappa shape index (κ1) is 26.0. The van der Waals surface area contributed by atoms with Gasteiger partial charge in [-0.1, -0.05) is 39.0 Å². The summed E-state index contributed by atoms with van der Waals surface area (Å²) in [7, 11) is 1.25. The van der Waals surface area contributed by atoms with Crippen LogP contribution >= 0.6 is 0 Å². The minimum Gasteiger partial charge on any atom is -0.453 e. The lowest BCUT2D eigenvalue weighted by atomic mass is 9.87. The van der Waals surface area contributed by atoms with E-state index in [-0.39, 0.29) is 35.8 Å². The summed E-state index contributed by atoms with van der Waals surface area (Å²) in [6.07, 6.45) is 2.74. The predicted molar refractivity (Wildman–Crippen MR) is 145 cm³/mol. The highest BCUT2D eigenvalue weighted by Crippen LogP contribution is 2.40. The Balaban J connectivity index is 1.39. The number of nitrogens with one attached hydrogen (secondary N) is 2. The van der Waals surface area contributed by atoms with Gasteiger partial charge in [-0.25, -0.2) is 14.2 Å². The Bertz CT molecular complexity index is 1330. The van der Waals surface area contributed by atoms with E-state index < -0.39 is 6.09 Å². The number of hydrogen-bond donors (Lipinski definition) is 2. The molecule has 0 bridgehead atoms. The maximum atomic E-state index is 16.0. The number of methoxy groups -OCH3 is 1. The zero-order valence-corrected chi connectivity index (χ0v) is 22.5. The highest BCUT2D eigenvalue weighted by atomic mass is 19.1. The highest BCUT2D eigenvalue weighted by Gasteiger charge is 2.34. The van der Waals surface area contributed by atoms with Crippen molar-refractivity contribution in [1.82, 2.24) is 20.2 Å². The molecule has 0 unspecified atom stereocenters. The van der Waals surface area contributed by atoms with Crippen LogP contribution in [0.4, 0.5) is 14.9 Å². The van der Waals surface area contributed by atoms with Crippen LogP contribution in [0.25, 0.3) is 11.0 Å². The number of nitrogens with zero attached hydrogens (tertiary/aromatic N) is 3. The SMILES string of the molecule is COC(=O)NCC(=O)N1CCC[C@H]1c1nc2c(F)c([C@H]3CCCN3c3ccc(C(C)(C)C)cc3)ccc2[nH]1. The second kappa shape index (κ2) is 10.3. The maximum Gasteiger partial charge on any atom is 0.407 e. The van der Waals surface area contributed by atoms with Gasteiger partial charge in [-0.3, -0.25) is 4.79 Å². The van der Waals surface area contributed by atoms with Gasteiger partial charge in [0.2, 0.25) is 5.91 Å². The summed E-state index contributed by atoms with van der Waals surface area (Å²) in [5.41, 5.74) is 4.02. The van der Waals surface area contributed by atoms with E-state index in [1.54, 1.807) is 4.90 Å². The highest BCUT2D eigenvalue weighted by molar-refractivity contribution is 5.83. The van der Waals surface area contributed by atoms with Gasteiger partial charge in [0.1, 0.15) is 17.9 Å². The summed E-state index contributed by atoms with van der Waals surface area (Å²) in [5, 5.41) is 2.44. The van der Waals surface area contributed by atoms with Crippen LogP contribution in [0.1, 0.15) is 75.5 Å². The molecular weight excluding hydrogens is 485 g/mol. The third-order valence-electron chi connectivity index (χ3n) is 7.78. The lowest BCUT2D eigenvalue weighted by Gasteiger charge is -2.28. The number of aromatic amines is 1. The standard InChI is InChI=1S/C29H36FN5O3/c1-29(2,3)18-9-11-19(12-10-18)34-15-5-7-22(34)20-13-14-21-26(25(20)30)33-27(32-21)23-8-6-16-35(23)24(36)17-31-28(37)38-4/h9-14,22-23H,5-8,15-17H2,1-4H3,(H,31,37)(H,32,33)/t22-,23+/m1/s1.